The van der Waals surface area contributed by atoms with E-state index in [2.05, 4.69) is 0 Å². The highest BCUT2D eigenvalue weighted by atomic mass is 16.5. The van der Waals surface area contributed by atoms with Gasteiger partial charge < -0.3 is 15.2 Å². The highest BCUT2D eigenvalue weighted by Gasteiger charge is 2.31. The first kappa shape index (κ1) is 20.2. The number of carbonyl (C=O) groups is 2. The molecule has 0 spiro atoms. The third-order valence-electron chi connectivity index (χ3n) is 4.73. The van der Waals surface area contributed by atoms with Gasteiger partial charge in [-0.05, 0) is 24.5 Å². The zero-order chi connectivity index (χ0) is 20.1. The molecule has 0 aliphatic carbocycles. The Balaban J connectivity index is 1.82. The maximum absolute atomic E-state index is 12.8. The summed E-state index contributed by atoms with van der Waals surface area (Å²) < 4.78 is 13.5. The van der Waals surface area contributed by atoms with Gasteiger partial charge in [-0.15, -0.1) is 0 Å². The van der Waals surface area contributed by atoms with E-state index in [9.17, 15) is 14.4 Å². The van der Waals surface area contributed by atoms with Gasteiger partial charge in [-0.2, -0.15) is 9.69 Å². The van der Waals surface area contributed by atoms with Gasteiger partial charge in [0.05, 0.1) is 37.5 Å². The summed E-state index contributed by atoms with van der Waals surface area (Å²) in [5, 5.41) is 0.989. The minimum Gasteiger partial charge on any atom is -0.379 e. The van der Waals surface area contributed by atoms with Gasteiger partial charge in [0.15, 0.2) is 0 Å². The number of hydrogen-bond donors (Lipinski definition) is 1. The number of hydrogen-bond acceptors (Lipinski definition) is 6. The summed E-state index contributed by atoms with van der Waals surface area (Å²) in [6.07, 6.45) is 1.63. The number of para-hydroxylation sites is 1. The molecule has 1 saturated heterocycles. The SMILES string of the molecule is Cn1c(=O)n(N2C(=O)CCCC2=O)c2cccc(CCOCCOCCN)c21. The topological polar surface area (TPSA) is 109 Å². The molecule has 0 radical (unpaired) electrons. The Morgan fingerprint density at radius 3 is 2.36 bits per heavy atom. The third-order valence-corrected chi connectivity index (χ3v) is 4.73. The van der Waals surface area contributed by atoms with Crippen LogP contribution in [-0.2, 0) is 32.5 Å². The van der Waals surface area contributed by atoms with Gasteiger partial charge in [0.2, 0.25) is 11.8 Å². The lowest BCUT2D eigenvalue weighted by atomic mass is 10.1. The molecular weight excluding hydrogens is 364 g/mol. The molecule has 1 fully saturated rings. The van der Waals surface area contributed by atoms with E-state index in [-0.39, 0.29) is 24.7 Å². The molecule has 2 amide bonds. The number of piperidine rings is 1. The molecule has 2 N–H and O–H groups in total. The number of fused-ring (bicyclic) bond motifs is 1. The molecule has 152 valence electrons. The van der Waals surface area contributed by atoms with Crippen molar-refractivity contribution in [2.75, 3.05) is 38.0 Å². The van der Waals surface area contributed by atoms with Crippen molar-refractivity contribution in [2.24, 2.45) is 12.8 Å². The van der Waals surface area contributed by atoms with Crippen LogP contribution in [0.25, 0.3) is 11.0 Å². The van der Waals surface area contributed by atoms with Crippen LogP contribution in [0.1, 0.15) is 24.8 Å². The molecule has 0 unspecified atom stereocenters. The van der Waals surface area contributed by atoms with Crippen LogP contribution in [0.15, 0.2) is 23.0 Å². The zero-order valence-corrected chi connectivity index (χ0v) is 16.1. The zero-order valence-electron chi connectivity index (χ0n) is 16.1. The molecule has 1 aliphatic rings. The molecule has 0 bridgehead atoms. The molecule has 1 aromatic heterocycles. The maximum Gasteiger partial charge on any atom is 0.348 e. The number of aromatic nitrogens is 2. The van der Waals surface area contributed by atoms with Crippen molar-refractivity contribution >= 4 is 22.8 Å². The summed E-state index contributed by atoms with van der Waals surface area (Å²) in [5.74, 6) is -0.700. The number of ether oxygens (including phenoxy) is 2. The molecule has 3 rings (SSSR count). The average Bonchev–Trinajstić information content (AvgIpc) is 2.93. The molecule has 1 aromatic carbocycles. The second-order valence-electron chi connectivity index (χ2n) is 6.65. The van der Waals surface area contributed by atoms with E-state index in [0.717, 1.165) is 10.6 Å². The van der Waals surface area contributed by atoms with Gasteiger partial charge >= 0.3 is 5.69 Å². The van der Waals surface area contributed by atoms with E-state index in [0.29, 0.717) is 56.8 Å². The minimum absolute atomic E-state index is 0.258. The van der Waals surface area contributed by atoms with E-state index < -0.39 is 5.69 Å². The van der Waals surface area contributed by atoms with E-state index in [4.69, 9.17) is 15.2 Å². The Labute approximate surface area is 162 Å². The smallest absolute Gasteiger partial charge is 0.348 e. The highest BCUT2D eigenvalue weighted by molar-refractivity contribution is 6.11. The number of amides is 2. The second-order valence-corrected chi connectivity index (χ2v) is 6.65. The fraction of sp³-hybridized carbons (Fsp3) is 0.526. The highest BCUT2D eigenvalue weighted by Crippen LogP contribution is 2.21. The summed E-state index contributed by atoms with van der Waals surface area (Å²) in [6.45, 7) is 2.40. The Morgan fingerprint density at radius 2 is 1.68 bits per heavy atom. The van der Waals surface area contributed by atoms with E-state index in [1.807, 2.05) is 12.1 Å². The van der Waals surface area contributed by atoms with Crippen molar-refractivity contribution in [1.82, 2.24) is 9.24 Å². The van der Waals surface area contributed by atoms with Crippen molar-refractivity contribution in [1.29, 1.82) is 0 Å². The van der Waals surface area contributed by atoms with Crippen molar-refractivity contribution in [3.63, 3.8) is 0 Å². The van der Waals surface area contributed by atoms with Crippen LogP contribution in [0, 0.1) is 0 Å². The van der Waals surface area contributed by atoms with Crippen LogP contribution in [0.5, 0.6) is 0 Å². The summed E-state index contributed by atoms with van der Waals surface area (Å²) in [7, 11) is 1.64. The molecular formula is C19H26N4O5. The lowest BCUT2D eigenvalue weighted by molar-refractivity contribution is -0.131. The maximum atomic E-state index is 12.8. The number of imidazole rings is 1. The fourth-order valence-corrected chi connectivity index (χ4v) is 3.42. The van der Waals surface area contributed by atoms with Crippen LogP contribution in [0.2, 0.25) is 0 Å². The predicted molar refractivity (Wildman–Crippen MR) is 104 cm³/mol. The standard InChI is InChI=1S/C19H26N4O5/c1-21-18-14(8-10-27-12-13-28-11-9-20)4-2-5-15(18)22(19(21)26)23-16(24)6-3-7-17(23)25/h2,4-5H,3,6-13,20H2,1H3. The van der Waals surface area contributed by atoms with Crippen molar-refractivity contribution in [2.45, 2.75) is 25.7 Å². The average molecular weight is 390 g/mol. The van der Waals surface area contributed by atoms with Gasteiger partial charge in [0, 0.05) is 26.4 Å². The molecule has 2 aromatic rings. The Hall–Kier alpha value is -2.49. The van der Waals surface area contributed by atoms with Gasteiger partial charge in [0.25, 0.3) is 0 Å². The Bertz CT molecular complexity index is 901. The van der Waals surface area contributed by atoms with Gasteiger partial charge in [-0.25, -0.2) is 4.79 Å². The number of aryl methyl sites for hydroxylation is 1. The van der Waals surface area contributed by atoms with Crippen LogP contribution in [-0.4, -0.2) is 54.0 Å². The first-order chi connectivity index (χ1) is 13.6. The molecule has 0 atom stereocenters. The minimum atomic E-state index is -0.415. The Kier molecular flexibility index (Phi) is 6.61. The number of imide groups is 1. The van der Waals surface area contributed by atoms with E-state index in [1.165, 1.54) is 9.24 Å². The first-order valence-corrected chi connectivity index (χ1v) is 9.47. The predicted octanol–water partition coefficient (Wildman–Crippen LogP) is 0.0495. The van der Waals surface area contributed by atoms with Crippen molar-refractivity contribution < 1.29 is 19.1 Å². The first-order valence-electron chi connectivity index (χ1n) is 9.47. The summed E-state index contributed by atoms with van der Waals surface area (Å²) >= 11 is 0. The number of nitrogens with zero attached hydrogens (tertiary/aromatic N) is 3. The van der Waals surface area contributed by atoms with E-state index >= 15 is 0 Å². The lowest BCUT2D eigenvalue weighted by Gasteiger charge is -2.25. The molecule has 2 heterocycles. The van der Waals surface area contributed by atoms with Gasteiger partial charge in [-0.3, -0.25) is 14.2 Å². The van der Waals surface area contributed by atoms with Gasteiger partial charge in [0.1, 0.15) is 0 Å². The summed E-state index contributed by atoms with van der Waals surface area (Å²) in [5.41, 5.74) is 7.09. The molecule has 0 saturated carbocycles. The molecule has 9 heteroatoms. The van der Waals surface area contributed by atoms with Crippen LogP contribution in [0.4, 0.5) is 0 Å². The second kappa shape index (κ2) is 9.13. The summed E-state index contributed by atoms with van der Waals surface area (Å²) in [4.78, 5) is 37.5. The monoisotopic (exact) mass is 390 g/mol. The number of rotatable bonds is 9. The number of carbonyl (C=O) groups excluding carboxylic acids is 2. The quantitative estimate of drug-likeness (QED) is 0.479. The van der Waals surface area contributed by atoms with Crippen LogP contribution < -0.4 is 16.4 Å². The number of nitrogens with two attached hydrogens (primary N) is 1. The van der Waals surface area contributed by atoms with Crippen LogP contribution >= 0.6 is 0 Å². The van der Waals surface area contributed by atoms with Crippen molar-refractivity contribution in [3.8, 4) is 0 Å². The Morgan fingerprint density at radius 1 is 1.00 bits per heavy atom. The fourth-order valence-electron chi connectivity index (χ4n) is 3.42. The van der Waals surface area contributed by atoms with Crippen molar-refractivity contribution in [3.05, 3.63) is 34.2 Å². The third kappa shape index (κ3) is 4.01. The largest absolute Gasteiger partial charge is 0.379 e. The molecule has 9 nitrogen and oxygen atoms in total. The van der Waals surface area contributed by atoms with E-state index in [1.54, 1.807) is 13.1 Å². The summed E-state index contributed by atoms with van der Waals surface area (Å²) in [6, 6.07) is 5.48. The molecule has 28 heavy (non-hydrogen) atoms. The lowest BCUT2D eigenvalue weighted by Crippen LogP contribution is -2.52. The molecule has 1 aliphatic heterocycles. The van der Waals surface area contributed by atoms with Crippen LogP contribution in [0.3, 0.4) is 0 Å². The number of benzene rings is 1. The van der Waals surface area contributed by atoms with Gasteiger partial charge in [-0.1, -0.05) is 12.1 Å². The normalized spacial score (nSPS) is 15.0.